The summed E-state index contributed by atoms with van der Waals surface area (Å²) in [5.41, 5.74) is 4.17. The average molecular weight is 441 g/mol. The summed E-state index contributed by atoms with van der Waals surface area (Å²) in [4.78, 5) is 18.1. The van der Waals surface area contributed by atoms with Crippen LogP contribution in [0, 0.1) is 13.8 Å². The van der Waals surface area contributed by atoms with Gasteiger partial charge in [-0.25, -0.2) is 0 Å². The number of thiazole rings is 1. The van der Waals surface area contributed by atoms with Crippen LogP contribution in [0.1, 0.15) is 28.6 Å². The molecule has 0 atom stereocenters. The summed E-state index contributed by atoms with van der Waals surface area (Å²) < 4.78 is 14.7. The first-order chi connectivity index (χ1) is 14.5. The number of carbonyl (C=O) groups excluding carboxylic acids is 1. The van der Waals surface area contributed by atoms with Crippen LogP contribution in [-0.4, -0.2) is 29.1 Å². The number of hydrogen-bond acceptors (Lipinski definition) is 5. The van der Waals surface area contributed by atoms with Crippen molar-refractivity contribution >= 4 is 50.2 Å². The molecule has 7 heteroatoms. The first-order valence-electron chi connectivity index (χ1n) is 9.85. The van der Waals surface area contributed by atoms with Crippen molar-refractivity contribution in [1.29, 1.82) is 0 Å². The van der Waals surface area contributed by atoms with Crippen LogP contribution in [0.15, 0.2) is 45.8 Å². The van der Waals surface area contributed by atoms with Gasteiger partial charge in [0.1, 0.15) is 0 Å². The molecule has 0 unspecified atom stereocenters. The van der Waals surface area contributed by atoms with Crippen LogP contribution in [0.25, 0.3) is 21.2 Å². The summed E-state index contributed by atoms with van der Waals surface area (Å²) in [5, 5.41) is 0.831. The van der Waals surface area contributed by atoms with Crippen LogP contribution in [0.4, 0.5) is 0 Å². The smallest absolute Gasteiger partial charge is 0.315 e. The zero-order chi connectivity index (χ0) is 21.3. The van der Waals surface area contributed by atoms with Crippen molar-refractivity contribution in [2.45, 2.75) is 27.3 Å². The van der Waals surface area contributed by atoms with Gasteiger partial charge in [0.05, 0.1) is 16.8 Å². The molecule has 0 saturated heterocycles. The minimum Gasteiger partial charge on any atom is -0.490 e. The van der Waals surface area contributed by atoms with Gasteiger partial charge in [0.25, 0.3) is 0 Å². The minimum absolute atomic E-state index is 0.221. The van der Waals surface area contributed by atoms with E-state index in [4.69, 9.17) is 9.15 Å². The quantitative estimate of drug-likeness (QED) is 0.393. The number of nitrogens with zero attached hydrogens (tertiary/aromatic N) is 2. The monoisotopic (exact) mass is 440 g/mol. The summed E-state index contributed by atoms with van der Waals surface area (Å²) in [7, 11) is 0. The fraction of sp³-hybridized carbons (Fsp3) is 0.304. The number of ether oxygens (including phenoxy) is 1. The Balaban J connectivity index is 1.81. The Morgan fingerprint density at radius 3 is 2.80 bits per heavy atom. The lowest BCUT2D eigenvalue weighted by atomic mass is 10.1. The van der Waals surface area contributed by atoms with Crippen molar-refractivity contribution in [3.8, 4) is 5.75 Å². The Bertz CT molecular complexity index is 1300. The van der Waals surface area contributed by atoms with E-state index in [1.165, 1.54) is 22.5 Å². The van der Waals surface area contributed by atoms with Crippen LogP contribution in [0.2, 0.25) is 0 Å². The third-order valence-corrected chi connectivity index (χ3v) is 6.67. The van der Waals surface area contributed by atoms with E-state index < -0.39 is 0 Å². The molecule has 2 aromatic heterocycles. The third-order valence-electron chi connectivity index (χ3n) is 5.03. The van der Waals surface area contributed by atoms with E-state index in [0.29, 0.717) is 22.7 Å². The molecule has 2 aromatic carbocycles. The van der Waals surface area contributed by atoms with Gasteiger partial charge in [-0.15, -0.1) is 0 Å². The molecule has 2 heterocycles. The first kappa shape index (κ1) is 20.8. The number of fused-ring (bicyclic) bond motifs is 2. The summed E-state index contributed by atoms with van der Waals surface area (Å²) in [6, 6.07) is 11.7. The van der Waals surface area contributed by atoms with Crippen molar-refractivity contribution in [3.05, 3.63) is 58.1 Å². The lowest BCUT2D eigenvalue weighted by Crippen LogP contribution is -2.18. The highest BCUT2D eigenvalue weighted by molar-refractivity contribution is 7.98. The Morgan fingerprint density at radius 1 is 1.23 bits per heavy atom. The maximum absolute atomic E-state index is 13.0. The highest BCUT2D eigenvalue weighted by Crippen LogP contribution is 2.29. The molecule has 5 nitrogen and oxygen atoms in total. The third kappa shape index (κ3) is 3.91. The lowest BCUT2D eigenvalue weighted by Gasteiger charge is -2.05. The van der Waals surface area contributed by atoms with E-state index in [1.807, 2.05) is 25.1 Å². The molecule has 0 aliphatic heterocycles. The fourth-order valence-electron chi connectivity index (χ4n) is 3.36. The van der Waals surface area contributed by atoms with E-state index in [1.54, 1.807) is 17.8 Å². The predicted molar refractivity (Wildman–Crippen MR) is 125 cm³/mol. The molecule has 4 aromatic rings. The van der Waals surface area contributed by atoms with Gasteiger partial charge in [0, 0.05) is 17.7 Å². The molecule has 0 spiro atoms. The predicted octanol–water partition coefficient (Wildman–Crippen LogP) is 5.57. The van der Waals surface area contributed by atoms with Crippen molar-refractivity contribution in [3.63, 3.8) is 0 Å². The van der Waals surface area contributed by atoms with E-state index in [-0.39, 0.29) is 11.7 Å². The Hall–Kier alpha value is -2.51. The van der Waals surface area contributed by atoms with Gasteiger partial charge in [-0.05, 0) is 62.4 Å². The Morgan fingerprint density at radius 2 is 2.03 bits per heavy atom. The number of aryl methyl sites for hydroxylation is 3. The molecule has 156 valence electrons. The SMILES string of the molecule is CCOc1cccc2cc(C(=O)N=c3sc4cc(C)c(C)cc4n3CCSC)oc12. The van der Waals surface area contributed by atoms with E-state index in [9.17, 15) is 4.79 Å². The summed E-state index contributed by atoms with van der Waals surface area (Å²) in [5.74, 6) is 1.42. The highest BCUT2D eigenvalue weighted by atomic mass is 32.2. The number of carbonyl (C=O) groups is 1. The zero-order valence-corrected chi connectivity index (χ0v) is 19.2. The topological polar surface area (TPSA) is 56.7 Å². The second kappa shape index (κ2) is 8.70. The van der Waals surface area contributed by atoms with Gasteiger partial charge in [-0.2, -0.15) is 16.8 Å². The Kier molecular flexibility index (Phi) is 6.01. The van der Waals surface area contributed by atoms with Crippen LogP contribution in [-0.2, 0) is 6.54 Å². The second-order valence-electron chi connectivity index (χ2n) is 7.07. The minimum atomic E-state index is -0.383. The van der Waals surface area contributed by atoms with Gasteiger partial charge in [-0.3, -0.25) is 4.79 Å². The molecule has 0 radical (unpaired) electrons. The lowest BCUT2D eigenvalue weighted by molar-refractivity contribution is 0.0973. The van der Waals surface area contributed by atoms with Gasteiger partial charge in [-0.1, -0.05) is 23.5 Å². The van der Waals surface area contributed by atoms with Crippen LogP contribution in [0.3, 0.4) is 0 Å². The van der Waals surface area contributed by atoms with Crippen LogP contribution in [0.5, 0.6) is 5.75 Å². The average Bonchev–Trinajstić information content (AvgIpc) is 3.29. The van der Waals surface area contributed by atoms with Gasteiger partial charge in [0.2, 0.25) is 0 Å². The molecule has 0 aliphatic carbocycles. The summed E-state index contributed by atoms with van der Waals surface area (Å²) in [6.07, 6.45) is 2.08. The number of aromatic nitrogens is 1. The molecule has 30 heavy (non-hydrogen) atoms. The highest BCUT2D eigenvalue weighted by Gasteiger charge is 2.16. The maximum Gasteiger partial charge on any atom is 0.315 e. The summed E-state index contributed by atoms with van der Waals surface area (Å²) in [6.45, 7) is 7.46. The molecule has 0 bridgehead atoms. The number of para-hydroxylation sites is 1. The van der Waals surface area contributed by atoms with Gasteiger partial charge >= 0.3 is 5.91 Å². The zero-order valence-electron chi connectivity index (χ0n) is 17.5. The van der Waals surface area contributed by atoms with E-state index in [2.05, 4.69) is 41.8 Å². The maximum atomic E-state index is 13.0. The van der Waals surface area contributed by atoms with Crippen molar-refractivity contribution in [2.24, 2.45) is 4.99 Å². The molecule has 1 amide bonds. The second-order valence-corrected chi connectivity index (χ2v) is 9.06. The van der Waals surface area contributed by atoms with Gasteiger partial charge < -0.3 is 13.7 Å². The molecule has 0 saturated carbocycles. The number of benzene rings is 2. The number of amides is 1. The van der Waals surface area contributed by atoms with Crippen molar-refractivity contribution in [2.75, 3.05) is 18.6 Å². The van der Waals surface area contributed by atoms with Crippen molar-refractivity contribution in [1.82, 2.24) is 4.57 Å². The molecular formula is C23H24N2O3S2. The molecular weight excluding hydrogens is 416 g/mol. The van der Waals surface area contributed by atoms with Gasteiger partial charge in [0.15, 0.2) is 21.9 Å². The first-order valence-corrected chi connectivity index (χ1v) is 12.1. The standard InChI is InChI=1S/C23H24N2O3S2/c1-5-27-18-8-6-7-16-13-19(28-21(16)18)22(26)24-23-25(9-10-29-4)17-11-14(2)15(3)12-20(17)30-23/h6-8,11-13H,5,9-10H2,1-4H3. The molecule has 0 fully saturated rings. The van der Waals surface area contributed by atoms with E-state index >= 15 is 0 Å². The van der Waals surface area contributed by atoms with Crippen LogP contribution < -0.4 is 9.54 Å². The Labute approximate surface area is 183 Å². The normalized spacial score (nSPS) is 12.2. The molecule has 0 N–H and O–H groups in total. The number of furan rings is 1. The van der Waals surface area contributed by atoms with Crippen LogP contribution >= 0.6 is 23.1 Å². The fourth-order valence-corrected chi connectivity index (χ4v) is 4.86. The summed E-state index contributed by atoms with van der Waals surface area (Å²) >= 11 is 3.31. The largest absolute Gasteiger partial charge is 0.490 e. The number of hydrogen-bond donors (Lipinski definition) is 0. The number of rotatable bonds is 6. The van der Waals surface area contributed by atoms with E-state index in [0.717, 1.165) is 27.9 Å². The molecule has 4 rings (SSSR count). The number of thioether (sulfide) groups is 1. The van der Waals surface area contributed by atoms with Crippen molar-refractivity contribution < 1.29 is 13.9 Å². The molecule has 0 aliphatic rings.